The predicted molar refractivity (Wildman–Crippen MR) is 113 cm³/mol. The van der Waals surface area contributed by atoms with Gasteiger partial charge in [0.05, 0.1) is 6.04 Å². The van der Waals surface area contributed by atoms with Crippen LogP contribution in [-0.2, 0) is 0 Å². The van der Waals surface area contributed by atoms with Gasteiger partial charge in [0.25, 0.3) is 0 Å². The highest BCUT2D eigenvalue weighted by atomic mass is 35.5. The Morgan fingerprint density at radius 2 is 1.96 bits per heavy atom. The van der Waals surface area contributed by atoms with Crippen LogP contribution in [-0.4, -0.2) is 30.5 Å². The van der Waals surface area contributed by atoms with E-state index in [-0.39, 0.29) is 18.4 Å². The molecule has 2 aromatic rings. The molecular formula is C21H25Cl2N3. The van der Waals surface area contributed by atoms with Crippen molar-refractivity contribution in [1.82, 2.24) is 4.90 Å². The van der Waals surface area contributed by atoms with E-state index in [2.05, 4.69) is 59.2 Å². The molecule has 1 unspecified atom stereocenters. The van der Waals surface area contributed by atoms with Crippen LogP contribution in [0.25, 0.3) is 0 Å². The summed E-state index contributed by atoms with van der Waals surface area (Å²) >= 11 is 6.39. The van der Waals surface area contributed by atoms with Crippen molar-refractivity contribution in [3.63, 3.8) is 0 Å². The van der Waals surface area contributed by atoms with E-state index in [0.29, 0.717) is 0 Å². The number of benzene rings is 2. The van der Waals surface area contributed by atoms with Gasteiger partial charge in [0.2, 0.25) is 5.96 Å². The maximum absolute atomic E-state index is 6.39. The summed E-state index contributed by atoms with van der Waals surface area (Å²) in [5.74, 6) is 1.13. The minimum atomic E-state index is 0. The Morgan fingerprint density at radius 1 is 1.15 bits per heavy atom. The van der Waals surface area contributed by atoms with E-state index >= 15 is 0 Å². The molecule has 0 bridgehead atoms. The number of anilines is 1. The Bertz CT molecular complexity index is 776. The highest BCUT2D eigenvalue weighted by molar-refractivity contribution is 6.30. The van der Waals surface area contributed by atoms with Gasteiger partial charge >= 0.3 is 0 Å². The molecule has 4 rings (SSSR count). The summed E-state index contributed by atoms with van der Waals surface area (Å²) in [5, 5.41) is 0.799. The maximum Gasteiger partial charge on any atom is 0.201 e. The number of hydrogen-bond donors (Lipinski definition) is 0. The number of unbranched alkanes of at least 4 members (excludes halogenated alkanes) is 1. The maximum atomic E-state index is 6.39. The van der Waals surface area contributed by atoms with Crippen molar-refractivity contribution in [2.75, 3.05) is 24.5 Å². The molecule has 1 atom stereocenters. The van der Waals surface area contributed by atoms with Crippen molar-refractivity contribution in [2.45, 2.75) is 32.2 Å². The molecule has 0 aliphatic carbocycles. The molecule has 0 amide bonds. The largest absolute Gasteiger partial charge is 0.331 e. The molecule has 2 heterocycles. The summed E-state index contributed by atoms with van der Waals surface area (Å²) in [5.41, 5.74) is 3.84. The first-order valence-corrected chi connectivity index (χ1v) is 9.60. The van der Waals surface area contributed by atoms with E-state index in [1.165, 1.54) is 23.2 Å². The molecule has 0 N–H and O–H groups in total. The number of guanidine groups is 1. The van der Waals surface area contributed by atoms with Gasteiger partial charge in [-0.15, -0.1) is 12.4 Å². The summed E-state index contributed by atoms with van der Waals surface area (Å²) in [4.78, 5) is 9.78. The van der Waals surface area contributed by atoms with Crippen LogP contribution in [0.2, 0.25) is 5.02 Å². The molecule has 2 aliphatic rings. The molecule has 0 radical (unpaired) electrons. The number of nitrogens with zero attached hydrogens (tertiary/aromatic N) is 3. The second-order valence-electron chi connectivity index (χ2n) is 6.75. The molecule has 3 nitrogen and oxygen atoms in total. The second kappa shape index (κ2) is 8.32. The minimum Gasteiger partial charge on any atom is -0.331 e. The molecule has 2 aromatic carbocycles. The first kappa shape index (κ1) is 19.1. The highest BCUT2D eigenvalue weighted by Crippen LogP contribution is 2.42. The van der Waals surface area contributed by atoms with Crippen LogP contribution in [0, 0.1) is 0 Å². The zero-order valence-electron chi connectivity index (χ0n) is 15.1. The number of aliphatic imine (C=N–C) groups is 1. The van der Waals surface area contributed by atoms with Gasteiger partial charge in [-0.1, -0.05) is 55.3 Å². The molecule has 0 spiro atoms. The van der Waals surface area contributed by atoms with Crippen LogP contribution < -0.4 is 4.90 Å². The van der Waals surface area contributed by atoms with Gasteiger partial charge in [-0.25, -0.2) is 0 Å². The van der Waals surface area contributed by atoms with E-state index in [4.69, 9.17) is 16.6 Å². The highest BCUT2D eigenvalue weighted by Gasteiger charge is 2.37. The van der Waals surface area contributed by atoms with Crippen LogP contribution in [0.5, 0.6) is 0 Å². The Morgan fingerprint density at radius 3 is 2.73 bits per heavy atom. The van der Waals surface area contributed by atoms with E-state index in [1.54, 1.807) is 0 Å². The van der Waals surface area contributed by atoms with E-state index in [1.807, 2.05) is 6.07 Å². The van der Waals surface area contributed by atoms with Crippen LogP contribution in [0.1, 0.15) is 43.4 Å². The molecule has 0 fully saturated rings. The number of rotatable bonds is 4. The molecule has 0 aromatic heterocycles. The molecule has 2 aliphatic heterocycles. The lowest BCUT2D eigenvalue weighted by atomic mass is 9.92. The first-order valence-electron chi connectivity index (χ1n) is 9.22. The topological polar surface area (TPSA) is 18.8 Å². The Labute approximate surface area is 167 Å². The SMILES string of the molecule is CCCCN1C2=NCCCN2C(c2ccccc2)c2cc(Cl)ccc21.Cl. The van der Waals surface area contributed by atoms with E-state index < -0.39 is 0 Å². The lowest BCUT2D eigenvalue weighted by Crippen LogP contribution is -2.53. The Hall–Kier alpha value is -1.71. The number of hydrogen-bond acceptors (Lipinski definition) is 3. The third-order valence-electron chi connectivity index (χ3n) is 5.05. The first-order chi connectivity index (χ1) is 12.3. The Balaban J connectivity index is 0.00000196. The predicted octanol–water partition coefficient (Wildman–Crippen LogP) is 5.53. The van der Waals surface area contributed by atoms with Gasteiger partial charge < -0.3 is 9.80 Å². The molecule has 0 saturated heterocycles. The van der Waals surface area contributed by atoms with Gasteiger partial charge in [0, 0.05) is 35.9 Å². The van der Waals surface area contributed by atoms with Crippen molar-refractivity contribution in [3.05, 3.63) is 64.7 Å². The van der Waals surface area contributed by atoms with Crippen molar-refractivity contribution >= 4 is 35.7 Å². The summed E-state index contributed by atoms with van der Waals surface area (Å²) in [6.45, 7) is 5.19. The summed E-state index contributed by atoms with van der Waals surface area (Å²) in [6.07, 6.45) is 3.43. The van der Waals surface area contributed by atoms with E-state index in [0.717, 1.165) is 43.5 Å². The van der Waals surface area contributed by atoms with Crippen LogP contribution in [0.3, 0.4) is 0 Å². The Kier molecular flexibility index (Phi) is 6.10. The number of fused-ring (bicyclic) bond motifs is 2. The van der Waals surface area contributed by atoms with Crippen molar-refractivity contribution < 1.29 is 0 Å². The standard InChI is InChI=1S/C21H24ClN3.ClH/c1-2-3-13-24-19-11-10-17(22)15-18(19)20(16-8-5-4-6-9-16)25-14-7-12-23-21(24)25;/h4-6,8-11,15,20H,2-3,7,12-14H2,1H3;1H. The van der Waals surface area contributed by atoms with Gasteiger partial charge in [0.15, 0.2) is 0 Å². The summed E-state index contributed by atoms with van der Waals surface area (Å²) < 4.78 is 0. The average Bonchev–Trinajstić information content (AvgIpc) is 2.65. The van der Waals surface area contributed by atoms with Crippen LogP contribution in [0.4, 0.5) is 5.69 Å². The third kappa shape index (κ3) is 3.43. The van der Waals surface area contributed by atoms with Crippen molar-refractivity contribution in [1.29, 1.82) is 0 Å². The normalized spacial score (nSPS) is 18.5. The molecular weight excluding hydrogens is 365 g/mol. The zero-order chi connectivity index (χ0) is 17.2. The van der Waals surface area contributed by atoms with Gasteiger partial charge in [0.1, 0.15) is 0 Å². The van der Waals surface area contributed by atoms with Crippen LogP contribution in [0.15, 0.2) is 53.5 Å². The van der Waals surface area contributed by atoms with Gasteiger partial charge in [-0.3, -0.25) is 4.99 Å². The quantitative estimate of drug-likeness (QED) is 0.683. The fourth-order valence-electron chi connectivity index (χ4n) is 3.89. The summed E-state index contributed by atoms with van der Waals surface area (Å²) in [7, 11) is 0. The zero-order valence-corrected chi connectivity index (χ0v) is 16.6. The molecule has 138 valence electrons. The average molecular weight is 390 g/mol. The van der Waals surface area contributed by atoms with Gasteiger partial charge in [-0.2, -0.15) is 0 Å². The molecule has 26 heavy (non-hydrogen) atoms. The fraction of sp³-hybridized carbons (Fsp3) is 0.381. The number of halogens is 2. The van der Waals surface area contributed by atoms with Crippen molar-refractivity contribution in [3.8, 4) is 0 Å². The monoisotopic (exact) mass is 389 g/mol. The second-order valence-corrected chi connectivity index (χ2v) is 7.19. The van der Waals surface area contributed by atoms with Crippen molar-refractivity contribution in [2.24, 2.45) is 4.99 Å². The van der Waals surface area contributed by atoms with E-state index in [9.17, 15) is 0 Å². The smallest absolute Gasteiger partial charge is 0.201 e. The fourth-order valence-corrected chi connectivity index (χ4v) is 4.07. The summed E-state index contributed by atoms with van der Waals surface area (Å²) in [6, 6.07) is 17.2. The van der Waals surface area contributed by atoms with Crippen LogP contribution >= 0.6 is 24.0 Å². The minimum absolute atomic E-state index is 0. The molecule has 5 heteroatoms. The lowest BCUT2D eigenvalue weighted by Gasteiger charge is -2.47. The molecule has 0 saturated carbocycles. The lowest BCUT2D eigenvalue weighted by molar-refractivity contribution is 0.322. The third-order valence-corrected chi connectivity index (χ3v) is 5.28. The van der Waals surface area contributed by atoms with Gasteiger partial charge in [-0.05, 0) is 36.6 Å².